The van der Waals surface area contributed by atoms with E-state index in [4.69, 9.17) is 11.6 Å². The lowest BCUT2D eigenvalue weighted by Gasteiger charge is -2.40. The van der Waals surface area contributed by atoms with Gasteiger partial charge in [-0.2, -0.15) is 0 Å². The Morgan fingerprint density at radius 2 is 1.36 bits per heavy atom. The number of hydrogen-bond donors (Lipinski definition) is 2. The van der Waals surface area contributed by atoms with Gasteiger partial charge in [0.15, 0.2) is 0 Å². The maximum atomic E-state index is 11.0. The summed E-state index contributed by atoms with van der Waals surface area (Å²) < 4.78 is 0. The topological polar surface area (TPSA) is 46.9 Å². The molecule has 1 fully saturated rings. The summed E-state index contributed by atoms with van der Waals surface area (Å²) in [6.07, 6.45) is -0.533. The Balaban J connectivity index is 1.69. The molecule has 0 saturated carbocycles. The molecule has 0 amide bonds. The van der Waals surface area contributed by atoms with Crippen molar-refractivity contribution in [2.24, 2.45) is 0 Å². The molecule has 2 unspecified atom stereocenters. The third-order valence-electron chi connectivity index (χ3n) is 6.84. The monoisotopic (exact) mass is 472 g/mol. The fourth-order valence-corrected chi connectivity index (χ4v) is 4.78. The molecule has 5 heteroatoms. The second kappa shape index (κ2) is 9.95. The number of aliphatic hydroxyl groups excluding tert-OH is 1. The molecule has 2 aromatic carbocycles. The second-order valence-corrected chi connectivity index (χ2v) is 12.0. The van der Waals surface area contributed by atoms with Gasteiger partial charge in [-0.3, -0.25) is 9.80 Å². The average molecular weight is 473 g/mol. The van der Waals surface area contributed by atoms with Crippen LogP contribution in [0.3, 0.4) is 0 Å². The van der Waals surface area contributed by atoms with Crippen LogP contribution < -0.4 is 0 Å². The van der Waals surface area contributed by atoms with Crippen molar-refractivity contribution < 1.29 is 10.2 Å². The molecule has 1 aliphatic rings. The van der Waals surface area contributed by atoms with Gasteiger partial charge < -0.3 is 10.2 Å². The fourth-order valence-electron chi connectivity index (χ4n) is 4.65. The molecule has 3 rings (SSSR count). The number of hydrogen-bond acceptors (Lipinski definition) is 4. The van der Waals surface area contributed by atoms with Gasteiger partial charge in [0.05, 0.1) is 6.10 Å². The van der Waals surface area contributed by atoms with Crippen LogP contribution >= 0.6 is 11.6 Å². The fraction of sp³-hybridized carbons (Fsp3) is 0.571. The quantitative estimate of drug-likeness (QED) is 0.570. The van der Waals surface area contributed by atoms with E-state index in [1.54, 1.807) is 0 Å². The van der Waals surface area contributed by atoms with Crippen molar-refractivity contribution in [1.29, 1.82) is 0 Å². The Labute approximate surface area is 205 Å². The van der Waals surface area contributed by atoms with E-state index in [0.29, 0.717) is 10.8 Å². The van der Waals surface area contributed by atoms with Crippen molar-refractivity contribution in [2.45, 2.75) is 78.0 Å². The minimum atomic E-state index is -0.533. The molecule has 1 heterocycles. The lowest BCUT2D eigenvalue weighted by molar-refractivity contribution is 0.0245. The van der Waals surface area contributed by atoms with Crippen molar-refractivity contribution in [3.8, 4) is 5.75 Å². The summed E-state index contributed by atoms with van der Waals surface area (Å²) in [4.78, 5) is 4.84. The molecule has 2 N–H and O–H groups in total. The number of halogens is 1. The highest BCUT2D eigenvalue weighted by Gasteiger charge is 2.29. The van der Waals surface area contributed by atoms with Gasteiger partial charge in [0, 0.05) is 43.8 Å². The van der Waals surface area contributed by atoms with E-state index < -0.39 is 6.10 Å². The van der Waals surface area contributed by atoms with E-state index in [2.05, 4.69) is 70.4 Å². The first-order chi connectivity index (χ1) is 15.3. The third-order valence-corrected chi connectivity index (χ3v) is 7.10. The minimum absolute atomic E-state index is 0.0435. The van der Waals surface area contributed by atoms with Crippen molar-refractivity contribution in [3.05, 3.63) is 63.7 Å². The summed E-state index contributed by atoms with van der Waals surface area (Å²) >= 11 is 5.99. The van der Waals surface area contributed by atoms with Crippen LogP contribution in [0.5, 0.6) is 5.75 Å². The molecule has 0 aliphatic carbocycles. The van der Waals surface area contributed by atoms with Crippen LogP contribution in [-0.4, -0.2) is 52.2 Å². The van der Waals surface area contributed by atoms with Crippen molar-refractivity contribution in [3.63, 3.8) is 0 Å². The zero-order valence-electron chi connectivity index (χ0n) is 21.3. The summed E-state index contributed by atoms with van der Waals surface area (Å²) in [6, 6.07) is 11.9. The van der Waals surface area contributed by atoms with Gasteiger partial charge in [-0.05, 0) is 52.1 Å². The Bertz CT molecular complexity index is 901. The molecule has 4 nitrogen and oxygen atoms in total. The van der Waals surface area contributed by atoms with E-state index in [0.717, 1.165) is 49.4 Å². The molecule has 1 aliphatic heterocycles. The number of benzene rings is 2. The Kier molecular flexibility index (Phi) is 7.85. The standard InChI is InChI=1S/C28H41ClN2O2/c1-19(25(32)21-8-10-22(29)11-9-21)31-14-12-30(13-15-31)18-20-16-23(27(2,3)4)26(33)24(17-20)28(5,6)7/h8-11,16-17,19,25,32-33H,12-15,18H2,1-7H3. The summed E-state index contributed by atoms with van der Waals surface area (Å²) in [5.74, 6) is 0.439. The highest BCUT2D eigenvalue weighted by molar-refractivity contribution is 6.30. The Morgan fingerprint density at radius 1 is 0.879 bits per heavy atom. The van der Waals surface area contributed by atoms with Crippen molar-refractivity contribution in [1.82, 2.24) is 9.80 Å². The third kappa shape index (κ3) is 6.30. The molecule has 1 saturated heterocycles. The Hall–Kier alpha value is -1.59. The van der Waals surface area contributed by atoms with E-state index in [-0.39, 0.29) is 16.9 Å². The zero-order valence-corrected chi connectivity index (χ0v) is 22.1. The smallest absolute Gasteiger partial charge is 0.123 e. The van der Waals surface area contributed by atoms with Crippen LogP contribution in [0.2, 0.25) is 5.02 Å². The average Bonchev–Trinajstić information content (AvgIpc) is 2.73. The van der Waals surface area contributed by atoms with E-state index in [1.165, 1.54) is 5.56 Å². The van der Waals surface area contributed by atoms with Gasteiger partial charge in [-0.25, -0.2) is 0 Å². The molecule has 0 bridgehead atoms. The molecule has 0 aromatic heterocycles. The molecule has 2 atom stereocenters. The maximum Gasteiger partial charge on any atom is 0.123 e. The molecule has 0 radical (unpaired) electrons. The van der Waals surface area contributed by atoms with Gasteiger partial charge in [0.25, 0.3) is 0 Å². The molecule has 182 valence electrons. The number of nitrogens with zero attached hydrogens (tertiary/aromatic N) is 2. The minimum Gasteiger partial charge on any atom is -0.507 e. The molecular weight excluding hydrogens is 432 g/mol. The molecule has 0 spiro atoms. The van der Waals surface area contributed by atoms with Crippen LogP contribution in [0, 0.1) is 0 Å². The van der Waals surface area contributed by atoms with Crippen LogP contribution in [-0.2, 0) is 17.4 Å². The molecule has 2 aromatic rings. The van der Waals surface area contributed by atoms with E-state index >= 15 is 0 Å². The van der Waals surface area contributed by atoms with Gasteiger partial charge >= 0.3 is 0 Å². The van der Waals surface area contributed by atoms with Crippen LogP contribution in [0.4, 0.5) is 0 Å². The van der Waals surface area contributed by atoms with Crippen molar-refractivity contribution in [2.75, 3.05) is 26.2 Å². The van der Waals surface area contributed by atoms with Gasteiger partial charge in [0.1, 0.15) is 5.75 Å². The predicted octanol–water partition coefficient (Wildman–Crippen LogP) is 5.88. The number of rotatable bonds is 5. The number of phenols is 1. The summed E-state index contributed by atoms with van der Waals surface area (Å²) in [5.41, 5.74) is 3.96. The zero-order chi connectivity index (χ0) is 24.6. The first kappa shape index (κ1) is 26.0. The SMILES string of the molecule is CC(C(O)c1ccc(Cl)cc1)N1CCN(Cc2cc(C(C)(C)C)c(O)c(C(C)(C)C)c2)CC1. The number of piperazine rings is 1. The lowest BCUT2D eigenvalue weighted by atomic mass is 9.78. The van der Waals surface area contributed by atoms with E-state index in [1.807, 2.05) is 24.3 Å². The highest BCUT2D eigenvalue weighted by atomic mass is 35.5. The maximum absolute atomic E-state index is 11.0. The first-order valence-electron chi connectivity index (χ1n) is 12.0. The summed E-state index contributed by atoms with van der Waals surface area (Å²) in [5, 5.41) is 22.5. The molecular formula is C28H41ClN2O2. The summed E-state index contributed by atoms with van der Waals surface area (Å²) in [6.45, 7) is 19.7. The largest absolute Gasteiger partial charge is 0.507 e. The van der Waals surface area contributed by atoms with Crippen LogP contribution in [0.1, 0.15) is 76.8 Å². The number of phenolic OH excluding ortho intramolecular Hbond substituents is 1. The Morgan fingerprint density at radius 3 is 1.82 bits per heavy atom. The van der Waals surface area contributed by atoms with E-state index in [9.17, 15) is 10.2 Å². The van der Waals surface area contributed by atoms with Gasteiger partial charge in [-0.1, -0.05) is 77.4 Å². The molecule has 33 heavy (non-hydrogen) atoms. The van der Waals surface area contributed by atoms with Gasteiger partial charge in [0.2, 0.25) is 0 Å². The second-order valence-electron chi connectivity index (χ2n) is 11.6. The summed E-state index contributed by atoms with van der Waals surface area (Å²) in [7, 11) is 0. The lowest BCUT2D eigenvalue weighted by Crippen LogP contribution is -2.50. The van der Waals surface area contributed by atoms with Crippen LogP contribution in [0.25, 0.3) is 0 Å². The van der Waals surface area contributed by atoms with Crippen molar-refractivity contribution >= 4 is 11.6 Å². The van der Waals surface area contributed by atoms with Crippen LogP contribution in [0.15, 0.2) is 36.4 Å². The number of aromatic hydroxyl groups is 1. The predicted molar refractivity (Wildman–Crippen MR) is 138 cm³/mol. The number of aliphatic hydroxyl groups is 1. The van der Waals surface area contributed by atoms with Gasteiger partial charge in [-0.15, -0.1) is 0 Å². The normalized spacial score (nSPS) is 18.3. The first-order valence-corrected chi connectivity index (χ1v) is 12.4. The highest BCUT2D eigenvalue weighted by Crippen LogP contribution is 2.40.